The molecule has 3 nitrogen and oxygen atoms in total. The summed E-state index contributed by atoms with van der Waals surface area (Å²) < 4.78 is 0. The minimum absolute atomic E-state index is 0.0302. The molecule has 2 rings (SSSR count). The number of benzene rings is 1. The fourth-order valence-electron chi connectivity index (χ4n) is 1.53. The Balaban J connectivity index is 2.44. The summed E-state index contributed by atoms with van der Waals surface area (Å²) in [5.41, 5.74) is 1.64. The first-order valence-corrected chi connectivity index (χ1v) is 4.96. The van der Waals surface area contributed by atoms with Crippen LogP contribution in [0.1, 0.15) is 6.92 Å². The molecule has 1 aromatic heterocycles. The van der Waals surface area contributed by atoms with Crippen molar-refractivity contribution < 1.29 is 4.79 Å². The van der Waals surface area contributed by atoms with E-state index in [1.54, 1.807) is 41.6 Å². The van der Waals surface area contributed by atoms with Gasteiger partial charge in [0.1, 0.15) is 0 Å². The maximum absolute atomic E-state index is 11.6. The minimum atomic E-state index is -0.0302. The van der Waals surface area contributed by atoms with Gasteiger partial charge < -0.3 is 0 Å². The second-order valence-corrected chi connectivity index (χ2v) is 3.32. The molecule has 0 aliphatic heterocycles. The van der Waals surface area contributed by atoms with Gasteiger partial charge in [-0.3, -0.25) is 14.7 Å². The smallest absolute Gasteiger partial charge is 0.228 e. The second-order valence-electron chi connectivity index (χ2n) is 3.32. The van der Waals surface area contributed by atoms with Crippen LogP contribution < -0.4 is 4.90 Å². The molecule has 1 heterocycles. The van der Waals surface area contributed by atoms with Gasteiger partial charge in [-0.25, -0.2) is 0 Å². The van der Waals surface area contributed by atoms with Gasteiger partial charge in [-0.2, -0.15) is 0 Å². The molecule has 0 N–H and O–H groups in total. The maximum Gasteiger partial charge on any atom is 0.228 e. The zero-order chi connectivity index (χ0) is 11.4. The van der Waals surface area contributed by atoms with E-state index in [0.29, 0.717) is 0 Å². The standard InChI is InChI=1S/C13H11N2O/c1-11(16)15(12-5-3-2-4-6-12)13-7-9-14-10-8-13/h3-10H,1H3. The van der Waals surface area contributed by atoms with Crippen molar-refractivity contribution in [1.82, 2.24) is 4.98 Å². The van der Waals surface area contributed by atoms with E-state index >= 15 is 0 Å². The Hall–Kier alpha value is -2.16. The van der Waals surface area contributed by atoms with Gasteiger partial charge in [-0.15, -0.1) is 0 Å². The third kappa shape index (κ3) is 2.08. The lowest BCUT2D eigenvalue weighted by Gasteiger charge is -2.20. The molecule has 0 saturated carbocycles. The number of carbonyl (C=O) groups is 1. The lowest BCUT2D eigenvalue weighted by Crippen LogP contribution is -2.22. The Labute approximate surface area is 94.4 Å². The van der Waals surface area contributed by atoms with Gasteiger partial charge >= 0.3 is 0 Å². The Bertz CT molecular complexity index is 428. The molecule has 1 radical (unpaired) electrons. The van der Waals surface area contributed by atoms with Gasteiger partial charge in [0.05, 0.1) is 5.69 Å². The van der Waals surface area contributed by atoms with E-state index in [1.807, 2.05) is 12.1 Å². The summed E-state index contributed by atoms with van der Waals surface area (Å²) in [5.74, 6) is -0.0302. The fraction of sp³-hybridized carbons (Fsp3) is 0.0769. The van der Waals surface area contributed by atoms with Gasteiger partial charge in [0, 0.05) is 25.0 Å². The van der Waals surface area contributed by atoms with Crippen molar-refractivity contribution in [2.75, 3.05) is 4.90 Å². The predicted molar refractivity (Wildman–Crippen MR) is 62.3 cm³/mol. The first-order chi connectivity index (χ1) is 7.79. The molecule has 79 valence electrons. The van der Waals surface area contributed by atoms with Crippen LogP contribution in [-0.4, -0.2) is 10.9 Å². The zero-order valence-corrected chi connectivity index (χ0v) is 8.92. The van der Waals surface area contributed by atoms with Gasteiger partial charge in [0.2, 0.25) is 5.91 Å². The second kappa shape index (κ2) is 4.57. The van der Waals surface area contributed by atoms with Crippen LogP contribution >= 0.6 is 0 Å². The molecule has 0 fully saturated rings. The first kappa shape index (κ1) is 10.4. The zero-order valence-electron chi connectivity index (χ0n) is 8.92. The van der Waals surface area contributed by atoms with Gasteiger partial charge in [-0.1, -0.05) is 12.1 Å². The normalized spacial score (nSPS) is 9.81. The van der Waals surface area contributed by atoms with Crippen molar-refractivity contribution in [2.45, 2.75) is 6.92 Å². The number of anilines is 2. The number of carbonyl (C=O) groups excluding carboxylic acids is 1. The van der Waals surface area contributed by atoms with Crippen molar-refractivity contribution in [2.24, 2.45) is 0 Å². The van der Waals surface area contributed by atoms with Crippen molar-refractivity contribution >= 4 is 17.3 Å². The largest absolute Gasteiger partial charge is 0.281 e. The van der Waals surface area contributed by atoms with Crippen LogP contribution in [0.3, 0.4) is 0 Å². The third-order valence-corrected chi connectivity index (χ3v) is 2.19. The Kier molecular flexibility index (Phi) is 2.96. The number of amides is 1. The Morgan fingerprint density at radius 1 is 1.12 bits per heavy atom. The molecule has 1 aromatic carbocycles. The molecule has 0 unspecified atom stereocenters. The van der Waals surface area contributed by atoms with Crippen LogP contribution in [0, 0.1) is 6.07 Å². The van der Waals surface area contributed by atoms with E-state index in [4.69, 9.17) is 0 Å². The molecule has 0 spiro atoms. The molecule has 2 aromatic rings. The molecule has 0 aliphatic carbocycles. The fourth-order valence-corrected chi connectivity index (χ4v) is 1.53. The van der Waals surface area contributed by atoms with Crippen LogP contribution in [0.15, 0.2) is 48.8 Å². The Morgan fingerprint density at radius 3 is 2.25 bits per heavy atom. The van der Waals surface area contributed by atoms with E-state index in [-0.39, 0.29) is 5.91 Å². The average molecular weight is 211 g/mol. The Morgan fingerprint density at radius 2 is 1.69 bits per heavy atom. The van der Waals surface area contributed by atoms with E-state index < -0.39 is 0 Å². The maximum atomic E-state index is 11.6. The number of nitrogens with zero attached hydrogens (tertiary/aromatic N) is 2. The van der Waals surface area contributed by atoms with Crippen molar-refractivity contribution in [3.8, 4) is 0 Å². The van der Waals surface area contributed by atoms with Gasteiger partial charge in [-0.05, 0) is 30.3 Å². The average Bonchev–Trinajstić information content (AvgIpc) is 2.31. The van der Waals surface area contributed by atoms with Crippen LogP contribution in [0.4, 0.5) is 11.4 Å². The first-order valence-electron chi connectivity index (χ1n) is 4.96. The number of aromatic nitrogens is 1. The molecule has 1 amide bonds. The van der Waals surface area contributed by atoms with Crippen LogP contribution in [-0.2, 0) is 4.79 Å². The third-order valence-electron chi connectivity index (χ3n) is 2.19. The molecule has 16 heavy (non-hydrogen) atoms. The van der Waals surface area contributed by atoms with Crippen LogP contribution in [0.2, 0.25) is 0 Å². The molecule has 3 heteroatoms. The summed E-state index contributed by atoms with van der Waals surface area (Å²) in [5, 5.41) is 0. The topological polar surface area (TPSA) is 33.2 Å². The molecule has 0 atom stereocenters. The SMILES string of the molecule is CC(=O)N(c1cc[c]cc1)c1ccncc1. The van der Waals surface area contributed by atoms with Crippen LogP contribution in [0.5, 0.6) is 0 Å². The highest BCUT2D eigenvalue weighted by Gasteiger charge is 2.12. The van der Waals surface area contributed by atoms with E-state index in [0.717, 1.165) is 11.4 Å². The van der Waals surface area contributed by atoms with Gasteiger partial charge in [0.15, 0.2) is 0 Å². The van der Waals surface area contributed by atoms with Crippen LogP contribution in [0.25, 0.3) is 0 Å². The summed E-state index contributed by atoms with van der Waals surface area (Å²) >= 11 is 0. The number of hydrogen-bond acceptors (Lipinski definition) is 2. The van der Waals surface area contributed by atoms with Crippen molar-refractivity contribution in [3.63, 3.8) is 0 Å². The van der Waals surface area contributed by atoms with Crippen molar-refractivity contribution in [1.29, 1.82) is 0 Å². The molecular formula is C13H11N2O. The van der Waals surface area contributed by atoms with Crippen molar-refractivity contribution in [3.05, 3.63) is 54.9 Å². The number of pyridine rings is 1. The highest BCUT2D eigenvalue weighted by molar-refractivity contribution is 5.98. The summed E-state index contributed by atoms with van der Waals surface area (Å²) in [6.45, 7) is 1.54. The molecule has 0 aliphatic rings. The quantitative estimate of drug-likeness (QED) is 0.764. The summed E-state index contributed by atoms with van der Waals surface area (Å²) in [6.07, 6.45) is 3.33. The summed E-state index contributed by atoms with van der Waals surface area (Å²) in [4.78, 5) is 17.2. The highest BCUT2D eigenvalue weighted by atomic mass is 16.2. The minimum Gasteiger partial charge on any atom is -0.281 e. The van der Waals surface area contributed by atoms with E-state index in [9.17, 15) is 4.79 Å². The molecule has 0 bridgehead atoms. The number of hydrogen-bond donors (Lipinski definition) is 0. The highest BCUT2D eigenvalue weighted by Crippen LogP contribution is 2.24. The lowest BCUT2D eigenvalue weighted by atomic mass is 10.2. The number of rotatable bonds is 2. The van der Waals surface area contributed by atoms with E-state index in [1.165, 1.54) is 6.92 Å². The van der Waals surface area contributed by atoms with Gasteiger partial charge in [0.25, 0.3) is 0 Å². The summed E-state index contributed by atoms with van der Waals surface area (Å²) in [7, 11) is 0. The molecular weight excluding hydrogens is 200 g/mol. The summed E-state index contributed by atoms with van der Waals surface area (Å²) in [6, 6.07) is 13.8. The lowest BCUT2D eigenvalue weighted by molar-refractivity contribution is -0.115. The predicted octanol–water partition coefficient (Wildman–Crippen LogP) is 2.57. The molecule has 0 saturated heterocycles. The van der Waals surface area contributed by atoms with E-state index in [2.05, 4.69) is 11.1 Å². The monoisotopic (exact) mass is 211 g/mol.